The van der Waals surface area contributed by atoms with Crippen LogP contribution in [0, 0.1) is 0 Å². The van der Waals surface area contributed by atoms with Crippen molar-refractivity contribution in [3.05, 3.63) is 18.5 Å². The van der Waals surface area contributed by atoms with E-state index in [1.54, 1.807) is 19.4 Å². The van der Waals surface area contributed by atoms with Gasteiger partial charge in [-0.05, 0) is 18.9 Å². The van der Waals surface area contributed by atoms with Gasteiger partial charge in [-0.3, -0.25) is 4.98 Å². The molecule has 0 aromatic carbocycles. The van der Waals surface area contributed by atoms with Gasteiger partial charge in [0.1, 0.15) is 4.90 Å². The Bertz CT molecular complexity index is 514. The lowest BCUT2D eigenvalue weighted by Crippen LogP contribution is -2.38. The van der Waals surface area contributed by atoms with Crippen molar-refractivity contribution < 1.29 is 13.2 Å². The molecule has 120 valence electrons. The zero-order valence-electron chi connectivity index (χ0n) is 12.9. The summed E-state index contributed by atoms with van der Waals surface area (Å²) in [5.74, 6) is 0. The quantitative estimate of drug-likeness (QED) is 0.690. The van der Waals surface area contributed by atoms with E-state index in [4.69, 9.17) is 4.74 Å². The highest BCUT2D eigenvalue weighted by atomic mass is 32.2. The standard InChI is InChI=1S/C14H25N3O3S/c1-4-6-12(11-20-3)17-21(18,19)14-10-15-9-7-13(14)16-8-5-2/h7,9-10,12,17H,4-6,8,11H2,1-3H3,(H,15,16). The molecule has 0 aliphatic rings. The number of ether oxygens (including phenoxy) is 1. The number of nitrogens with zero attached hydrogens (tertiary/aromatic N) is 1. The average Bonchev–Trinajstić information content (AvgIpc) is 2.45. The van der Waals surface area contributed by atoms with E-state index in [1.165, 1.54) is 6.20 Å². The summed E-state index contributed by atoms with van der Waals surface area (Å²) in [4.78, 5) is 4.11. The second-order valence-corrected chi connectivity index (χ2v) is 6.54. The fraction of sp³-hybridized carbons (Fsp3) is 0.643. The second kappa shape index (κ2) is 8.96. The van der Waals surface area contributed by atoms with Gasteiger partial charge in [0.05, 0.1) is 12.3 Å². The number of nitrogens with one attached hydrogen (secondary N) is 2. The molecule has 0 aliphatic carbocycles. The molecule has 0 radical (unpaired) electrons. The number of hydrogen-bond donors (Lipinski definition) is 2. The highest BCUT2D eigenvalue weighted by Crippen LogP contribution is 2.20. The van der Waals surface area contributed by atoms with Crippen LogP contribution in [0.15, 0.2) is 23.4 Å². The van der Waals surface area contributed by atoms with Crippen molar-refractivity contribution in [3.8, 4) is 0 Å². The minimum Gasteiger partial charge on any atom is -0.384 e. The van der Waals surface area contributed by atoms with E-state index in [0.717, 1.165) is 19.3 Å². The second-order valence-electron chi connectivity index (χ2n) is 4.86. The van der Waals surface area contributed by atoms with Gasteiger partial charge in [0.25, 0.3) is 0 Å². The van der Waals surface area contributed by atoms with Gasteiger partial charge in [0.15, 0.2) is 0 Å². The highest BCUT2D eigenvalue weighted by Gasteiger charge is 2.22. The molecule has 0 fully saturated rings. The van der Waals surface area contributed by atoms with Crippen molar-refractivity contribution in [2.45, 2.75) is 44.0 Å². The number of sulfonamides is 1. The largest absolute Gasteiger partial charge is 0.384 e. The van der Waals surface area contributed by atoms with Gasteiger partial charge in [-0.15, -0.1) is 0 Å². The van der Waals surface area contributed by atoms with Crippen LogP contribution in [0.4, 0.5) is 5.69 Å². The molecule has 1 atom stereocenters. The summed E-state index contributed by atoms with van der Waals surface area (Å²) in [6.45, 7) is 5.10. The Morgan fingerprint density at radius 2 is 2.10 bits per heavy atom. The van der Waals surface area contributed by atoms with Gasteiger partial charge in [-0.25, -0.2) is 13.1 Å². The number of methoxy groups -OCH3 is 1. The van der Waals surface area contributed by atoms with E-state index >= 15 is 0 Å². The minimum absolute atomic E-state index is 0.177. The Morgan fingerprint density at radius 3 is 2.71 bits per heavy atom. The third kappa shape index (κ3) is 5.61. The maximum Gasteiger partial charge on any atom is 0.244 e. The van der Waals surface area contributed by atoms with Crippen LogP contribution in [-0.2, 0) is 14.8 Å². The number of anilines is 1. The van der Waals surface area contributed by atoms with E-state index in [0.29, 0.717) is 18.8 Å². The highest BCUT2D eigenvalue weighted by molar-refractivity contribution is 7.89. The van der Waals surface area contributed by atoms with Crippen molar-refractivity contribution in [3.63, 3.8) is 0 Å². The lowest BCUT2D eigenvalue weighted by atomic mass is 10.2. The van der Waals surface area contributed by atoms with Crippen LogP contribution in [0.1, 0.15) is 33.1 Å². The van der Waals surface area contributed by atoms with E-state index in [9.17, 15) is 8.42 Å². The maximum atomic E-state index is 12.5. The zero-order chi connectivity index (χ0) is 15.7. The molecule has 1 unspecified atom stereocenters. The summed E-state index contributed by atoms with van der Waals surface area (Å²) in [6, 6.07) is 1.44. The van der Waals surface area contributed by atoms with Crippen LogP contribution in [-0.4, -0.2) is 39.7 Å². The molecule has 0 amide bonds. The fourth-order valence-corrected chi connectivity index (χ4v) is 3.39. The van der Waals surface area contributed by atoms with Crippen LogP contribution in [0.3, 0.4) is 0 Å². The molecule has 0 aliphatic heterocycles. The summed E-state index contributed by atoms with van der Waals surface area (Å²) >= 11 is 0. The third-order valence-corrected chi connectivity index (χ3v) is 4.51. The third-order valence-electron chi connectivity index (χ3n) is 2.97. The minimum atomic E-state index is -3.62. The first-order chi connectivity index (χ1) is 10.0. The first kappa shape index (κ1) is 17.9. The van der Waals surface area contributed by atoms with Gasteiger partial charge < -0.3 is 10.1 Å². The smallest absolute Gasteiger partial charge is 0.244 e. The SMILES string of the molecule is CCCNc1ccncc1S(=O)(=O)NC(CCC)COC. The summed E-state index contributed by atoms with van der Waals surface area (Å²) in [5.41, 5.74) is 0.576. The van der Waals surface area contributed by atoms with Crippen molar-refractivity contribution in [1.29, 1.82) is 0 Å². The molecular weight excluding hydrogens is 290 g/mol. The van der Waals surface area contributed by atoms with E-state index in [2.05, 4.69) is 15.0 Å². The van der Waals surface area contributed by atoms with Crippen LogP contribution < -0.4 is 10.0 Å². The molecule has 0 spiro atoms. The average molecular weight is 315 g/mol. The Balaban J connectivity index is 2.95. The maximum absolute atomic E-state index is 12.5. The van der Waals surface area contributed by atoms with Crippen molar-refractivity contribution in [1.82, 2.24) is 9.71 Å². The molecule has 7 heteroatoms. The monoisotopic (exact) mass is 315 g/mol. The lowest BCUT2D eigenvalue weighted by molar-refractivity contribution is 0.171. The Kier molecular flexibility index (Phi) is 7.63. The Labute approximate surface area is 127 Å². The lowest BCUT2D eigenvalue weighted by Gasteiger charge is -2.18. The normalized spacial score (nSPS) is 13.1. The molecule has 1 heterocycles. The predicted molar refractivity (Wildman–Crippen MR) is 83.9 cm³/mol. The van der Waals surface area contributed by atoms with Crippen molar-refractivity contribution in [2.24, 2.45) is 0 Å². The van der Waals surface area contributed by atoms with Gasteiger partial charge in [0.2, 0.25) is 10.0 Å². The van der Waals surface area contributed by atoms with E-state index in [-0.39, 0.29) is 10.9 Å². The van der Waals surface area contributed by atoms with Gasteiger partial charge in [-0.2, -0.15) is 0 Å². The molecule has 2 N–H and O–H groups in total. The van der Waals surface area contributed by atoms with Gasteiger partial charge in [-0.1, -0.05) is 20.3 Å². The topological polar surface area (TPSA) is 80.3 Å². The molecule has 1 rings (SSSR count). The van der Waals surface area contributed by atoms with Crippen molar-refractivity contribution in [2.75, 3.05) is 25.6 Å². The van der Waals surface area contributed by atoms with E-state index in [1.807, 2.05) is 13.8 Å². The van der Waals surface area contributed by atoms with E-state index < -0.39 is 10.0 Å². The number of rotatable bonds is 10. The molecule has 0 bridgehead atoms. The van der Waals surface area contributed by atoms with Gasteiger partial charge in [0, 0.05) is 32.1 Å². The molecule has 0 saturated carbocycles. The first-order valence-electron chi connectivity index (χ1n) is 7.24. The summed E-state index contributed by atoms with van der Waals surface area (Å²) in [6.07, 6.45) is 5.47. The molecule has 1 aromatic heterocycles. The van der Waals surface area contributed by atoms with Gasteiger partial charge >= 0.3 is 0 Å². The summed E-state index contributed by atoms with van der Waals surface area (Å²) < 4.78 is 32.8. The molecule has 21 heavy (non-hydrogen) atoms. The van der Waals surface area contributed by atoms with Crippen LogP contribution in [0.2, 0.25) is 0 Å². The molecular formula is C14H25N3O3S. The Morgan fingerprint density at radius 1 is 1.33 bits per heavy atom. The number of pyridine rings is 1. The number of hydrogen-bond acceptors (Lipinski definition) is 5. The van der Waals surface area contributed by atoms with Crippen LogP contribution in [0.25, 0.3) is 0 Å². The fourth-order valence-electron chi connectivity index (χ4n) is 2.01. The van der Waals surface area contributed by atoms with Crippen LogP contribution >= 0.6 is 0 Å². The van der Waals surface area contributed by atoms with Crippen molar-refractivity contribution >= 4 is 15.7 Å². The molecule has 6 nitrogen and oxygen atoms in total. The molecule has 0 saturated heterocycles. The zero-order valence-corrected chi connectivity index (χ0v) is 13.7. The molecule has 1 aromatic rings. The summed E-state index contributed by atoms with van der Waals surface area (Å²) in [7, 11) is -2.06. The summed E-state index contributed by atoms with van der Waals surface area (Å²) in [5, 5.41) is 3.12. The number of aromatic nitrogens is 1. The first-order valence-corrected chi connectivity index (χ1v) is 8.72. The predicted octanol–water partition coefficient (Wildman–Crippen LogP) is 2.00. The Hall–Kier alpha value is -1.18. The van der Waals surface area contributed by atoms with Crippen LogP contribution in [0.5, 0.6) is 0 Å².